The molecule has 2 fully saturated rings. The zero-order valence-corrected chi connectivity index (χ0v) is 18.4. The van der Waals surface area contributed by atoms with E-state index in [0.717, 1.165) is 26.9 Å². The van der Waals surface area contributed by atoms with E-state index in [4.69, 9.17) is 4.84 Å². The van der Waals surface area contributed by atoms with Gasteiger partial charge in [-0.3, -0.25) is 24.5 Å². The summed E-state index contributed by atoms with van der Waals surface area (Å²) in [6.45, 7) is 0. The summed E-state index contributed by atoms with van der Waals surface area (Å²) in [5.74, 6) is -1.81. The lowest BCUT2D eigenvalue weighted by atomic mass is 9.87. The molecule has 2 heterocycles. The van der Waals surface area contributed by atoms with Gasteiger partial charge in [-0.15, -0.1) is 0 Å². The maximum absolute atomic E-state index is 13.8. The van der Waals surface area contributed by atoms with Gasteiger partial charge >= 0.3 is 0 Å². The van der Waals surface area contributed by atoms with E-state index in [1.807, 2.05) is 72.8 Å². The molecule has 8 heteroatoms. The zero-order chi connectivity index (χ0) is 24.1. The summed E-state index contributed by atoms with van der Waals surface area (Å²) in [6, 6.07) is 28.0. The minimum atomic E-state index is -1.05. The molecule has 0 spiro atoms. The third-order valence-corrected chi connectivity index (χ3v) is 6.57. The Hall–Kier alpha value is -4.56. The zero-order valence-electron chi connectivity index (χ0n) is 18.4. The van der Waals surface area contributed by atoms with E-state index in [1.165, 1.54) is 24.3 Å². The minimum Gasteiger partial charge on any atom is -0.273 e. The third kappa shape index (κ3) is 3.26. The number of hydroxylamine groups is 1. The number of rotatable bonds is 4. The number of nitrogens with zero attached hydrogens (tertiary/aromatic N) is 3. The van der Waals surface area contributed by atoms with E-state index in [9.17, 15) is 19.7 Å². The van der Waals surface area contributed by atoms with Crippen LogP contribution in [0.1, 0.15) is 11.6 Å². The molecule has 4 aromatic rings. The van der Waals surface area contributed by atoms with Gasteiger partial charge in [0.1, 0.15) is 5.92 Å². The molecule has 0 saturated carbocycles. The first-order chi connectivity index (χ1) is 17.0. The normalized spacial score (nSPS) is 21.5. The van der Waals surface area contributed by atoms with Gasteiger partial charge in [-0.2, -0.15) is 0 Å². The molecule has 0 aliphatic carbocycles. The van der Waals surface area contributed by atoms with Crippen molar-refractivity contribution in [2.45, 2.75) is 12.1 Å². The topological polar surface area (TPSA) is 93.0 Å². The number of fused-ring (bicyclic) bond motifs is 2. The lowest BCUT2D eigenvalue weighted by molar-refractivity contribution is -0.384. The van der Waals surface area contributed by atoms with Crippen molar-refractivity contribution >= 4 is 39.6 Å². The van der Waals surface area contributed by atoms with Crippen molar-refractivity contribution in [1.82, 2.24) is 0 Å². The van der Waals surface area contributed by atoms with Gasteiger partial charge in [-0.1, -0.05) is 66.7 Å². The highest BCUT2D eigenvalue weighted by Crippen LogP contribution is 2.49. The average Bonchev–Trinajstić information content (AvgIpc) is 3.40. The van der Waals surface area contributed by atoms with Gasteiger partial charge in [0.2, 0.25) is 5.91 Å². The van der Waals surface area contributed by atoms with Crippen LogP contribution in [0, 0.1) is 16.0 Å². The number of benzene rings is 4. The predicted molar refractivity (Wildman–Crippen MR) is 130 cm³/mol. The second-order valence-electron chi connectivity index (χ2n) is 8.52. The number of carbonyl (C=O) groups is 2. The number of carbonyl (C=O) groups excluding carboxylic acids is 2. The van der Waals surface area contributed by atoms with Crippen molar-refractivity contribution in [3.8, 4) is 0 Å². The van der Waals surface area contributed by atoms with Gasteiger partial charge in [-0.25, -0.2) is 9.96 Å². The molecule has 8 nitrogen and oxygen atoms in total. The lowest BCUT2D eigenvalue weighted by Crippen LogP contribution is -2.37. The van der Waals surface area contributed by atoms with Crippen LogP contribution in [-0.2, 0) is 14.4 Å². The van der Waals surface area contributed by atoms with Crippen LogP contribution >= 0.6 is 0 Å². The smallest absolute Gasteiger partial charge is 0.271 e. The van der Waals surface area contributed by atoms with Gasteiger partial charge in [-0.05, 0) is 34.5 Å². The molecule has 2 aliphatic heterocycles. The maximum atomic E-state index is 13.8. The van der Waals surface area contributed by atoms with Crippen LogP contribution in [0.25, 0.3) is 10.8 Å². The van der Waals surface area contributed by atoms with Gasteiger partial charge < -0.3 is 0 Å². The number of hydrogen-bond acceptors (Lipinski definition) is 6. The van der Waals surface area contributed by atoms with E-state index < -0.39 is 34.8 Å². The van der Waals surface area contributed by atoms with E-state index in [-0.39, 0.29) is 11.4 Å². The molecule has 172 valence electrons. The van der Waals surface area contributed by atoms with Crippen LogP contribution < -0.4 is 9.96 Å². The van der Waals surface area contributed by atoms with Crippen LogP contribution in [-0.4, -0.2) is 22.8 Å². The Balaban J connectivity index is 1.49. The fraction of sp³-hybridized carbons (Fsp3) is 0.111. The fourth-order valence-electron chi connectivity index (χ4n) is 5.04. The first kappa shape index (κ1) is 21.0. The van der Waals surface area contributed by atoms with E-state index >= 15 is 0 Å². The highest BCUT2D eigenvalue weighted by Gasteiger charge is 2.60. The Labute approximate surface area is 200 Å². The summed E-state index contributed by atoms with van der Waals surface area (Å²) >= 11 is 0. The molecule has 6 rings (SSSR count). The van der Waals surface area contributed by atoms with Gasteiger partial charge in [0, 0.05) is 12.1 Å². The quantitative estimate of drug-likeness (QED) is 0.244. The molecule has 35 heavy (non-hydrogen) atoms. The first-order valence-corrected chi connectivity index (χ1v) is 11.2. The number of hydrogen-bond donors (Lipinski definition) is 0. The number of imide groups is 1. The molecule has 2 amide bonds. The molecule has 2 aliphatic rings. The molecule has 4 aromatic carbocycles. The summed E-state index contributed by atoms with van der Waals surface area (Å²) < 4.78 is 0. The Morgan fingerprint density at radius 2 is 1.46 bits per heavy atom. The van der Waals surface area contributed by atoms with Crippen LogP contribution in [0.2, 0.25) is 0 Å². The molecular formula is C27H19N3O5. The van der Waals surface area contributed by atoms with Crippen LogP contribution in [0.5, 0.6) is 0 Å². The predicted octanol–water partition coefficient (Wildman–Crippen LogP) is 4.80. The second-order valence-corrected chi connectivity index (χ2v) is 8.52. The maximum Gasteiger partial charge on any atom is 0.271 e. The Morgan fingerprint density at radius 1 is 0.771 bits per heavy atom. The molecule has 3 atom stereocenters. The summed E-state index contributed by atoms with van der Waals surface area (Å²) in [4.78, 5) is 45.2. The molecule has 0 N–H and O–H groups in total. The molecule has 2 saturated heterocycles. The largest absolute Gasteiger partial charge is 0.273 e. The van der Waals surface area contributed by atoms with Gasteiger partial charge in [0.05, 0.1) is 22.3 Å². The summed E-state index contributed by atoms with van der Waals surface area (Å²) in [5.41, 5.74) is 1.55. The number of anilines is 2. The summed E-state index contributed by atoms with van der Waals surface area (Å²) in [6.07, 6.45) is -1.05. The van der Waals surface area contributed by atoms with Gasteiger partial charge in [0.25, 0.3) is 11.6 Å². The molecule has 0 unspecified atom stereocenters. The van der Waals surface area contributed by atoms with E-state index in [0.29, 0.717) is 0 Å². The van der Waals surface area contributed by atoms with Crippen LogP contribution in [0.15, 0.2) is 97.1 Å². The Morgan fingerprint density at radius 3 is 2.26 bits per heavy atom. The summed E-state index contributed by atoms with van der Waals surface area (Å²) in [7, 11) is 0. The van der Waals surface area contributed by atoms with Crippen molar-refractivity contribution in [2.75, 3.05) is 9.96 Å². The highest BCUT2D eigenvalue weighted by atomic mass is 16.7. The van der Waals surface area contributed by atoms with Gasteiger partial charge in [0.15, 0.2) is 6.10 Å². The minimum absolute atomic E-state index is 0.162. The lowest BCUT2D eigenvalue weighted by Gasteiger charge is -2.29. The van der Waals surface area contributed by atoms with Crippen molar-refractivity contribution in [3.63, 3.8) is 0 Å². The number of nitro groups is 1. The fourth-order valence-corrected chi connectivity index (χ4v) is 5.04. The van der Waals surface area contributed by atoms with Crippen LogP contribution in [0.4, 0.5) is 17.1 Å². The third-order valence-electron chi connectivity index (χ3n) is 6.57. The number of amides is 2. The van der Waals surface area contributed by atoms with Crippen molar-refractivity contribution in [2.24, 2.45) is 5.92 Å². The van der Waals surface area contributed by atoms with Crippen molar-refractivity contribution < 1.29 is 19.3 Å². The van der Waals surface area contributed by atoms with Crippen LogP contribution in [0.3, 0.4) is 0 Å². The summed E-state index contributed by atoms with van der Waals surface area (Å²) in [5, 5.41) is 14.9. The monoisotopic (exact) mass is 465 g/mol. The first-order valence-electron chi connectivity index (χ1n) is 11.2. The molecule has 0 radical (unpaired) electrons. The van der Waals surface area contributed by atoms with Crippen molar-refractivity contribution in [3.05, 3.63) is 113 Å². The average molecular weight is 465 g/mol. The molecular weight excluding hydrogens is 446 g/mol. The van der Waals surface area contributed by atoms with E-state index in [2.05, 4.69) is 0 Å². The van der Waals surface area contributed by atoms with E-state index in [1.54, 1.807) is 5.06 Å². The number of para-hydroxylation sites is 1. The molecule has 0 aromatic heterocycles. The Bertz CT molecular complexity index is 1480. The Kier molecular flexibility index (Phi) is 4.82. The molecule has 0 bridgehead atoms. The highest BCUT2D eigenvalue weighted by molar-refractivity contribution is 6.24. The number of non-ortho nitro benzene ring substituents is 1. The standard InChI is InChI=1S/C27H19N3O5/c31-26-23-24(22-15-6-9-17-8-4-5-14-21(17)22)29(18-10-2-1-3-11-18)35-25(23)27(32)28(26)19-12-7-13-20(16-19)30(33)34/h1-16,23-25H/t23-,24+,25+/m1/s1. The van der Waals surface area contributed by atoms with Crippen molar-refractivity contribution in [1.29, 1.82) is 0 Å². The second kappa shape index (κ2) is 8.03. The number of nitro benzene ring substituents is 1. The SMILES string of the molecule is O=C1[C@H]2[C@H](ON(c3ccccc3)[C@H]2c2cccc3ccccc23)C(=O)N1c1cccc([N+](=O)[O-])c1.